The van der Waals surface area contributed by atoms with Gasteiger partial charge < -0.3 is 9.31 Å². The minimum absolute atomic E-state index is 0.218. The van der Waals surface area contributed by atoms with Gasteiger partial charge in [0.2, 0.25) is 0 Å². The van der Waals surface area contributed by atoms with E-state index in [4.69, 9.17) is 9.31 Å². The first kappa shape index (κ1) is 18.9. The highest BCUT2D eigenvalue weighted by Crippen LogP contribution is 2.64. The molecule has 1 aliphatic heterocycles. The highest BCUT2D eigenvalue weighted by molar-refractivity contribution is 6.63. The molecule has 1 saturated heterocycles. The van der Waals surface area contributed by atoms with Gasteiger partial charge in [0.15, 0.2) is 0 Å². The Balaban J connectivity index is 1.55. The van der Waals surface area contributed by atoms with Gasteiger partial charge in [-0.2, -0.15) is 0 Å². The van der Waals surface area contributed by atoms with Crippen LogP contribution >= 0.6 is 0 Å². The maximum Gasteiger partial charge on any atom is 0.495 e. The van der Waals surface area contributed by atoms with Crippen LogP contribution in [-0.2, 0) is 14.7 Å². The van der Waals surface area contributed by atoms with Crippen molar-refractivity contribution in [2.24, 2.45) is 0 Å². The van der Waals surface area contributed by atoms with Gasteiger partial charge in [0.1, 0.15) is 0 Å². The second-order valence-electron chi connectivity index (χ2n) is 10.7. The van der Waals surface area contributed by atoms with Crippen LogP contribution in [0.4, 0.5) is 0 Å². The Morgan fingerprint density at radius 3 is 1.97 bits per heavy atom. The first-order valence-corrected chi connectivity index (χ1v) is 11.8. The molecule has 3 heteroatoms. The Labute approximate surface area is 190 Å². The Morgan fingerprint density at radius 1 is 0.719 bits per heavy atom. The normalized spacial score (nSPS) is 24.6. The van der Waals surface area contributed by atoms with E-state index in [2.05, 4.69) is 94.5 Å². The summed E-state index contributed by atoms with van der Waals surface area (Å²) >= 11 is 0. The predicted octanol–water partition coefficient (Wildman–Crippen LogP) is 5.78. The molecule has 0 bridgehead atoms. The van der Waals surface area contributed by atoms with Crippen molar-refractivity contribution >= 4 is 12.6 Å². The zero-order valence-electron chi connectivity index (χ0n) is 19.2. The predicted molar refractivity (Wildman–Crippen MR) is 130 cm³/mol. The van der Waals surface area contributed by atoms with Crippen molar-refractivity contribution < 1.29 is 9.31 Å². The summed E-state index contributed by atoms with van der Waals surface area (Å²) in [5.74, 6) is 0. The molecular formula is C29H27BO2. The summed E-state index contributed by atoms with van der Waals surface area (Å²) < 4.78 is 13.2. The Bertz CT molecular complexity index is 1280. The number of rotatable bonds is 1. The monoisotopic (exact) mass is 418 g/mol. The fourth-order valence-corrected chi connectivity index (χ4v) is 6.59. The highest BCUT2D eigenvalue weighted by Gasteiger charge is 2.58. The lowest BCUT2D eigenvalue weighted by atomic mass is 9.62. The van der Waals surface area contributed by atoms with Crippen molar-refractivity contribution in [3.05, 3.63) is 100 Å². The third-order valence-electron chi connectivity index (χ3n) is 8.66. The summed E-state index contributed by atoms with van der Waals surface area (Å²) in [6.45, 7) is 8.55. The van der Waals surface area contributed by atoms with Gasteiger partial charge in [0.05, 0.1) is 16.6 Å². The van der Waals surface area contributed by atoms with Crippen molar-refractivity contribution in [1.82, 2.24) is 0 Å². The molecular weight excluding hydrogens is 391 g/mol. The zero-order valence-corrected chi connectivity index (χ0v) is 19.2. The van der Waals surface area contributed by atoms with Gasteiger partial charge >= 0.3 is 7.12 Å². The number of hydrogen-bond acceptors (Lipinski definition) is 2. The summed E-state index contributed by atoms with van der Waals surface area (Å²) in [7, 11) is -0.376. The molecule has 7 rings (SSSR count). The summed E-state index contributed by atoms with van der Waals surface area (Å²) in [6.07, 6.45) is 11.4. The van der Waals surface area contributed by atoms with Gasteiger partial charge in [-0.1, -0.05) is 66.8 Å². The molecule has 1 spiro atoms. The van der Waals surface area contributed by atoms with E-state index in [1.165, 1.54) is 50.0 Å². The summed E-state index contributed by atoms with van der Waals surface area (Å²) in [6, 6.07) is 15.7. The SMILES string of the molecule is CC1(C)OB(c2cccc3c2C2(C4=C(C=CC4)C4=C2CC=C4)c2ccccc2-3)OC1(C)C. The van der Waals surface area contributed by atoms with Crippen LogP contribution in [0.1, 0.15) is 51.7 Å². The molecule has 0 atom stereocenters. The first-order chi connectivity index (χ1) is 15.4. The minimum Gasteiger partial charge on any atom is -0.399 e. The molecule has 5 aliphatic rings. The standard InChI is InChI=1S/C29H27BO2/c1-27(2)28(3,4)32-30(31-27)25-17-9-13-21-20-10-5-6-14-22(20)29(26(21)25)23-15-7-11-18(23)19-12-8-16-24(19)29/h5-14,17H,15-16H2,1-4H3. The topological polar surface area (TPSA) is 18.5 Å². The highest BCUT2D eigenvalue weighted by atomic mass is 16.7. The Hall–Kier alpha value is -2.62. The molecule has 158 valence electrons. The number of allylic oxidation sites excluding steroid dienone is 8. The quantitative estimate of drug-likeness (QED) is 0.547. The van der Waals surface area contributed by atoms with E-state index in [1.807, 2.05) is 0 Å². The van der Waals surface area contributed by atoms with Crippen molar-refractivity contribution in [2.75, 3.05) is 0 Å². The van der Waals surface area contributed by atoms with Gasteiger partial charge in [-0.3, -0.25) is 0 Å². The largest absolute Gasteiger partial charge is 0.495 e. The Kier molecular flexibility index (Phi) is 3.45. The molecule has 0 saturated carbocycles. The lowest BCUT2D eigenvalue weighted by molar-refractivity contribution is 0.00578. The van der Waals surface area contributed by atoms with Crippen molar-refractivity contribution in [2.45, 2.75) is 57.2 Å². The molecule has 0 aromatic heterocycles. The lowest BCUT2D eigenvalue weighted by Crippen LogP contribution is -2.42. The smallest absolute Gasteiger partial charge is 0.399 e. The fraction of sp³-hybridized carbons (Fsp3) is 0.310. The Morgan fingerprint density at radius 2 is 1.31 bits per heavy atom. The van der Waals surface area contributed by atoms with E-state index in [0.29, 0.717) is 0 Å². The van der Waals surface area contributed by atoms with Gasteiger partial charge in [-0.05, 0) is 90.5 Å². The molecule has 32 heavy (non-hydrogen) atoms. The van der Waals surface area contributed by atoms with E-state index in [0.717, 1.165) is 12.8 Å². The molecule has 4 aliphatic carbocycles. The average Bonchev–Trinajstić information content (AvgIpc) is 3.53. The molecule has 1 heterocycles. The molecule has 0 unspecified atom stereocenters. The van der Waals surface area contributed by atoms with Crippen molar-refractivity contribution in [1.29, 1.82) is 0 Å². The summed E-state index contributed by atoms with van der Waals surface area (Å²) in [5, 5.41) is 0. The number of benzene rings is 2. The summed E-state index contributed by atoms with van der Waals surface area (Å²) in [4.78, 5) is 0. The van der Waals surface area contributed by atoms with Crippen molar-refractivity contribution in [3.8, 4) is 11.1 Å². The van der Waals surface area contributed by atoms with Crippen LogP contribution in [0.2, 0.25) is 0 Å². The number of hydrogen-bond donors (Lipinski definition) is 0. The average molecular weight is 418 g/mol. The molecule has 2 aromatic carbocycles. The van der Waals surface area contributed by atoms with E-state index >= 15 is 0 Å². The van der Waals surface area contributed by atoms with Crippen LogP contribution in [0.25, 0.3) is 11.1 Å². The maximum absolute atomic E-state index is 6.61. The van der Waals surface area contributed by atoms with E-state index in [-0.39, 0.29) is 23.7 Å². The van der Waals surface area contributed by atoms with Crippen LogP contribution in [-0.4, -0.2) is 18.3 Å². The van der Waals surface area contributed by atoms with Crippen LogP contribution in [0.3, 0.4) is 0 Å². The molecule has 0 amide bonds. The van der Waals surface area contributed by atoms with Gasteiger partial charge in [-0.15, -0.1) is 0 Å². The zero-order chi connectivity index (χ0) is 21.9. The van der Waals surface area contributed by atoms with Crippen LogP contribution in [0.5, 0.6) is 0 Å². The minimum atomic E-state index is -0.376. The second kappa shape index (κ2) is 5.84. The van der Waals surface area contributed by atoms with Crippen molar-refractivity contribution in [3.63, 3.8) is 0 Å². The molecule has 1 fully saturated rings. The maximum atomic E-state index is 6.61. The van der Waals surface area contributed by atoms with Gasteiger partial charge in [-0.25, -0.2) is 0 Å². The van der Waals surface area contributed by atoms with Gasteiger partial charge in [0.25, 0.3) is 0 Å². The van der Waals surface area contributed by atoms with E-state index < -0.39 is 0 Å². The van der Waals surface area contributed by atoms with Crippen LogP contribution < -0.4 is 5.46 Å². The molecule has 2 aromatic rings. The lowest BCUT2D eigenvalue weighted by Gasteiger charge is -2.35. The first-order valence-electron chi connectivity index (χ1n) is 11.8. The fourth-order valence-electron chi connectivity index (χ4n) is 6.59. The second-order valence-corrected chi connectivity index (χ2v) is 10.7. The third kappa shape index (κ3) is 2.01. The number of fused-ring (bicyclic) bond motifs is 8. The van der Waals surface area contributed by atoms with Gasteiger partial charge in [0, 0.05) is 0 Å². The molecule has 0 N–H and O–H groups in total. The molecule has 2 nitrogen and oxygen atoms in total. The van der Waals surface area contributed by atoms with E-state index in [1.54, 1.807) is 0 Å². The molecule has 0 radical (unpaired) electrons. The van der Waals surface area contributed by atoms with Crippen LogP contribution in [0.15, 0.2) is 89.1 Å². The van der Waals surface area contributed by atoms with E-state index in [9.17, 15) is 0 Å². The third-order valence-corrected chi connectivity index (χ3v) is 8.66. The van der Waals surface area contributed by atoms with Crippen LogP contribution in [0, 0.1) is 0 Å². The summed E-state index contributed by atoms with van der Waals surface area (Å²) in [5.41, 5.74) is 11.6.